The molecule has 0 bridgehead atoms. The predicted molar refractivity (Wildman–Crippen MR) is 139 cm³/mol. The van der Waals surface area contributed by atoms with Crippen molar-refractivity contribution in [3.05, 3.63) is 61.2 Å². The highest BCUT2D eigenvalue weighted by molar-refractivity contribution is 5.87. The molecule has 0 radical (unpaired) electrons. The average molecular weight is 443 g/mol. The SMILES string of the molecule is CCCCCCn1cncc1-c1ncc(-c2ccc3ccccc3c2)n1CCCC(C)(C)C. The third-order valence-corrected chi connectivity index (χ3v) is 6.40. The van der Waals surface area contributed by atoms with Gasteiger partial charge >= 0.3 is 0 Å². The van der Waals surface area contributed by atoms with Gasteiger partial charge in [-0.05, 0) is 41.5 Å². The molecule has 2 aromatic carbocycles. The van der Waals surface area contributed by atoms with Crippen LogP contribution in [0, 0.1) is 5.41 Å². The van der Waals surface area contributed by atoms with Crippen LogP contribution in [0.2, 0.25) is 0 Å². The summed E-state index contributed by atoms with van der Waals surface area (Å²) in [6, 6.07) is 15.3. The van der Waals surface area contributed by atoms with E-state index in [-0.39, 0.29) is 0 Å². The second kappa shape index (κ2) is 10.4. The van der Waals surface area contributed by atoms with Crippen molar-refractivity contribution in [1.82, 2.24) is 19.1 Å². The summed E-state index contributed by atoms with van der Waals surface area (Å²) in [7, 11) is 0. The minimum absolute atomic E-state index is 0.324. The maximum Gasteiger partial charge on any atom is 0.158 e. The Morgan fingerprint density at radius 2 is 1.64 bits per heavy atom. The summed E-state index contributed by atoms with van der Waals surface area (Å²) < 4.78 is 4.69. The molecule has 0 fully saturated rings. The highest BCUT2D eigenvalue weighted by Gasteiger charge is 2.18. The first-order valence-electron chi connectivity index (χ1n) is 12.5. The molecule has 0 saturated carbocycles. The van der Waals surface area contributed by atoms with Crippen LogP contribution < -0.4 is 0 Å². The van der Waals surface area contributed by atoms with Gasteiger partial charge in [-0.15, -0.1) is 0 Å². The third kappa shape index (κ3) is 5.73. The van der Waals surface area contributed by atoms with Crippen molar-refractivity contribution < 1.29 is 0 Å². The Morgan fingerprint density at radius 1 is 0.818 bits per heavy atom. The van der Waals surface area contributed by atoms with Crippen molar-refractivity contribution in [2.24, 2.45) is 5.41 Å². The van der Waals surface area contributed by atoms with E-state index >= 15 is 0 Å². The van der Waals surface area contributed by atoms with Gasteiger partial charge in [-0.25, -0.2) is 9.97 Å². The van der Waals surface area contributed by atoms with E-state index in [1.165, 1.54) is 54.1 Å². The van der Waals surface area contributed by atoms with Crippen molar-refractivity contribution >= 4 is 10.8 Å². The molecule has 2 heterocycles. The van der Waals surface area contributed by atoms with Crippen molar-refractivity contribution in [2.75, 3.05) is 0 Å². The second-order valence-corrected chi connectivity index (χ2v) is 10.4. The molecule has 2 aromatic heterocycles. The molecular weight excluding hydrogens is 404 g/mol. The van der Waals surface area contributed by atoms with Gasteiger partial charge in [0.15, 0.2) is 5.82 Å². The Morgan fingerprint density at radius 3 is 2.42 bits per heavy atom. The van der Waals surface area contributed by atoms with E-state index in [1.807, 2.05) is 18.7 Å². The van der Waals surface area contributed by atoms with E-state index < -0.39 is 0 Å². The Kier molecular flexibility index (Phi) is 7.32. The number of benzene rings is 2. The largest absolute Gasteiger partial charge is 0.328 e. The summed E-state index contributed by atoms with van der Waals surface area (Å²) in [5.74, 6) is 1.03. The monoisotopic (exact) mass is 442 g/mol. The molecule has 174 valence electrons. The lowest BCUT2D eigenvalue weighted by Crippen LogP contribution is -2.10. The van der Waals surface area contributed by atoms with Crippen LogP contribution in [0.4, 0.5) is 0 Å². The lowest BCUT2D eigenvalue weighted by atomic mass is 9.90. The van der Waals surface area contributed by atoms with Gasteiger partial charge < -0.3 is 9.13 Å². The first kappa shape index (κ1) is 23.3. The van der Waals surface area contributed by atoms with E-state index in [0.29, 0.717) is 5.41 Å². The zero-order valence-electron chi connectivity index (χ0n) is 20.7. The molecule has 0 N–H and O–H groups in total. The number of aromatic nitrogens is 4. The summed E-state index contributed by atoms with van der Waals surface area (Å²) >= 11 is 0. The Labute approximate surface area is 198 Å². The lowest BCUT2D eigenvalue weighted by Gasteiger charge is -2.19. The first-order chi connectivity index (χ1) is 16.0. The number of aryl methyl sites for hydroxylation is 1. The minimum Gasteiger partial charge on any atom is -0.328 e. The number of rotatable bonds is 10. The van der Waals surface area contributed by atoms with Crippen LogP contribution in [0.5, 0.6) is 0 Å². The van der Waals surface area contributed by atoms with Crippen molar-refractivity contribution in [3.63, 3.8) is 0 Å². The second-order valence-electron chi connectivity index (χ2n) is 10.4. The summed E-state index contributed by atoms with van der Waals surface area (Å²) in [6.45, 7) is 11.2. The molecule has 0 atom stereocenters. The Hall–Kier alpha value is -2.88. The number of imidazole rings is 2. The van der Waals surface area contributed by atoms with E-state index in [2.05, 4.69) is 84.3 Å². The molecular formula is C29H38N4. The fourth-order valence-electron chi connectivity index (χ4n) is 4.55. The molecule has 4 aromatic rings. The number of hydrogen-bond donors (Lipinski definition) is 0. The average Bonchev–Trinajstić information content (AvgIpc) is 3.42. The van der Waals surface area contributed by atoms with Gasteiger partial charge in [0.05, 0.1) is 24.4 Å². The topological polar surface area (TPSA) is 35.6 Å². The quantitative estimate of drug-likeness (QED) is 0.233. The molecule has 0 spiro atoms. The predicted octanol–water partition coefficient (Wildman–Crippen LogP) is 7.97. The molecule has 0 aliphatic rings. The third-order valence-electron chi connectivity index (χ3n) is 6.40. The summed E-state index contributed by atoms with van der Waals surface area (Å²) in [5, 5.41) is 2.53. The van der Waals surface area contributed by atoms with Crippen LogP contribution in [0.15, 0.2) is 61.2 Å². The van der Waals surface area contributed by atoms with Crippen LogP contribution in [-0.2, 0) is 13.1 Å². The molecule has 4 heteroatoms. The fraction of sp³-hybridized carbons (Fsp3) is 0.448. The van der Waals surface area contributed by atoms with E-state index in [4.69, 9.17) is 4.98 Å². The van der Waals surface area contributed by atoms with Crippen LogP contribution in [0.3, 0.4) is 0 Å². The van der Waals surface area contributed by atoms with Gasteiger partial charge in [0.2, 0.25) is 0 Å². The van der Waals surface area contributed by atoms with E-state index in [0.717, 1.165) is 31.0 Å². The number of unbranched alkanes of at least 4 members (excludes halogenated alkanes) is 3. The zero-order valence-corrected chi connectivity index (χ0v) is 20.7. The Bertz CT molecular complexity index is 1180. The number of hydrogen-bond acceptors (Lipinski definition) is 2. The smallest absolute Gasteiger partial charge is 0.158 e. The maximum atomic E-state index is 4.94. The normalized spacial score (nSPS) is 12.0. The van der Waals surface area contributed by atoms with Crippen molar-refractivity contribution in [3.8, 4) is 22.8 Å². The highest BCUT2D eigenvalue weighted by atomic mass is 15.1. The van der Waals surface area contributed by atoms with Gasteiger partial charge in [0.25, 0.3) is 0 Å². The summed E-state index contributed by atoms with van der Waals surface area (Å²) in [4.78, 5) is 9.43. The number of fused-ring (bicyclic) bond motifs is 1. The molecule has 0 aliphatic carbocycles. The number of nitrogens with zero attached hydrogens (tertiary/aromatic N) is 4. The van der Waals surface area contributed by atoms with Gasteiger partial charge in [-0.1, -0.05) is 83.4 Å². The van der Waals surface area contributed by atoms with Gasteiger partial charge in [0, 0.05) is 18.7 Å². The van der Waals surface area contributed by atoms with Gasteiger partial charge in [0.1, 0.15) is 5.69 Å². The molecule has 0 saturated heterocycles. The van der Waals surface area contributed by atoms with E-state index in [9.17, 15) is 0 Å². The maximum absolute atomic E-state index is 4.94. The van der Waals surface area contributed by atoms with Crippen molar-refractivity contribution in [2.45, 2.75) is 79.3 Å². The summed E-state index contributed by atoms with van der Waals surface area (Å²) in [6.07, 6.45) is 13.3. The van der Waals surface area contributed by atoms with Crippen LogP contribution in [0.25, 0.3) is 33.5 Å². The molecule has 33 heavy (non-hydrogen) atoms. The molecule has 4 rings (SSSR count). The first-order valence-corrected chi connectivity index (χ1v) is 12.5. The molecule has 0 amide bonds. The van der Waals surface area contributed by atoms with Crippen LogP contribution in [0.1, 0.15) is 66.2 Å². The molecule has 0 aliphatic heterocycles. The van der Waals surface area contributed by atoms with Gasteiger partial charge in [-0.3, -0.25) is 0 Å². The standard InChI is InChI=1S/C29H38N4/c1-5-6-7-10-17-32-22-30-20-27(32)28-31-21-26(33(28)18-11-16-29(2,3)4)25-15-14-23-12-8-9-13-24(23)19-25/h8-9,12-15,19-22H,5-7,10-11,16-18H2,1-4H3. The van der Waals surface area contributed by atoms with Crippen LogP contribution in [-0.4, -0.2) is 19.1 Å². The minimum atomic E-state index is 0.324. The fourth-order valence-corrected chi connectivity index (χ4v) is 4.55. The summed E-state index contributed by atoms with van der Waals surface area (Å²) in [5.41, 5.74) is 3.85. The zero-order chi connectivity index (χ0) is 23.3. The van der Waals surface area contributed by atoms with Crippen molar-refractivity contribution in [1.29, 1.82) is 0 Å². The Balaban J connectivity index is 1.69. The lowest BCUT2D eigenvalue weighted by molar-refractivity contribution is 0.354. The van der Waals surface area contributed by atoms with Crippen LogP contribution >= 0.6 is 0 Å². The van der Waals surface area contributed by atoms with Gasteiger partial charge in [-0.2, -0.15) is 0 Å². The van der Waals surface area contributed by atoms with E-state index in [1.54, 1.807) is 0 Å². The molecule has 0 unspecified atom stereocenters. The molecule has 4 nitrogen and oxygen atoms in total. The highest BCUT2D eigenvalue weighted by Crippen LogP contribution is 2.31.